The predicted molar refractivity (Wildman–Crippen MR) is 229 cm³/mol. The first-order valence-corrected chi connectivity index (χ1v) is 21.2. The lowest BCUT2D eigenvalue weighted by Crippen LogP contribution is -2.61. The smallest absolute Gasteiger partial charge is 0.326 e. The van der Waals surface area contributed by atoms with Gasteiger partial charge in [0.05, 0.1) is 18.8 Å². The number of hydrogen-bond donors (Lipinski definition) is 10. The van der Waals surface area contributed by atoms with E-state index < -0.39 is 90.4 Å². The SMILES string of the molecule is CC[C@H](C)[C@H](NC(=O)[C@H](CCCCNC(=O)c1ccc(Br)cc1)NC(=O)[C@H](CO)NC(=O)[C@@H](NC(=O)[C@@H]1CCCN1C(=O)[C@@H](N)Cc1c[nH]c2ccccc12)[C@@H](C)O)C(=O)O. The number of carboxylic acids is 1. The lowest BCUT2D eigenvalue weighted by Gasteiger charge is -2.30. The van der Waals surface area contributed by atoms with E-state index in [1.807, 2.05) is 24.3 Å². The molecule has 1 fully saturated rings. The fraction of sp³-hybridized carbons (Fsp3) is 0.500. The molecule has 0 saturated carbocycles. The van der Waals surface area contributed by atoms with Gasteiger partial charge in [-0.05, 0) is 87.3 Å². The number of carbonyl (C=O) groups excluding carboxylic acids is 6. The standard InChI is InChI=1S/C42H57BrN8O10/c1-4-23(2)34(42(60)61)49-37(55)31(12-7-8-18-45-36(54)25-14-16-27(43)17-15-25)47-38(56)32(22-52)48-40(58)35(24(3)53)50-39(57)33-13-9-19-51(33)41(59)29(44)20-26-21-46-30-11-6-5-10-28(26)30/h5-6,10-11,14-17,21,23-24,29,31-35,46,52-53H,4,7-9,12-13,18-20,22,44H2,1-3H3,(H,45,54)(H,47,56)(H,48,58)(H,49,55)(H,50,57)(H,60,61)/t23-,24+,29-,31-,32-,33-,34-,35-/m0/s1. The summed E-state index contributed by atoms with van der Waals surface area (Å²) < 4.78 is 0.812. The average Bonchev–Trinajstić information content (AvgIpc) is 3.90. The van der Waals surface area contributed by atoms with Gasteiger partial charge in [-0.3, -0.25) is 28.8 Å². The molecule has 6 amide bonds. The molecule has 11 N–H and O–H groups in total. The van der Waals surface area contributed by atoms with Crippen LogP contribution in [-0.4, -0.2) is 129 Å². The molecule has 4 rings (SSSR count). The third-order valence-electron chi connectivity index (χ3n) is 10.9. The van der Waals surface area contributed by atoms with Crippen molar-refractivity contribution < 1.29 is 48.9 Å². The van der Waals surface area contributed by atoms with Gasteiger partial charge >= 0.3 is 5.97 Å². The Hall–Kier alpha value is -5.37. The molecule has 0 spiro atoms. The maximum Gasteiger partial charge on any atom is 0.326 e. The van der Waals surface area contributed by atoms with Crippen LogP contribution >= 0.6 is 15.9 Å². The van der Waals surface area contributed by atoms with E-state index in [-0.39, 0.29) is 38.3 Å². The summed E-state index contributed by atoms with van der Waals surface area (Å²) >= 11 is 3.32. The van der Waals surface area contributed by atoms with Gasteiger partial charge < -0.3 is 57.5 Å². The van der Waals surface area contributed by atoms with Crippen molar-refractivity contribution in [2.24, 2.45) is 11.7 Å². The number of benzene rings is 2. The van der Waals surface area contributed by atoms with E-state index in [4.69, 9.17) is 5.73 Å². The molecule has 61 heavy (non-hydrogen) atoms. The van der Waals surface area contributed by atoms with E-state index in [0.29, 0.717) is 31.2 Å². The molecular weight excluding hydrogens is 856 g/mol. The van der Waals surface area contributed by atoms with Crippen molar-refractivity contribution in [1.82, 2.24) is 36.5 Å². The normalized spacial score (nSPS) is 17.2. The molecular formula is C42H57BrN8O10. The van der Waals surface area contributed by atoms with Crippen molar-refractivity contribution in [3.05, 3.63) is 70.3 Å². The third kappa shape index (κ3) is 13.3. The van der Waals surface area contributed by atoms with Crippen LogP contribution in [0, 0.1) is 5.92 Å². The van der Waals surface area contributed by atoms with Gasteiger partial charge in [-0.2, -0.15) is 0 Å². The van der Waals surface area contributed by atoms with E-state index in [2.05, 4.69) is 47.5 Å². The third-order valence-corrected chi connectivity index (χ3v) is 11.4. The number of likely N-dealkylation sites (tertiary alicyclic amines) is 1. The largest absolute Gasteiger partial charge is 0.480 e. The number of nitrogens with one attached hydrogen (secondary N) is 6. The summed E-state index contributed by atoms with van der Waals surface area (Å²) in [5.74, 6) is -6.06. The Morgan fingerprint density at radius 2 is 1.57 bits per heavy atom. The van der Waals surface area contributed by atoms with Crippen molar-refractivity contribution >= 4 is 68.2 Å². The topological polar surface area (TPSA) is 285 Å². The summed E-state index contributed by atoms with van der Waals surface area (Å²) in [4.78, 5) is 96.7. The van der Waals surface area contributed by atoms with E-state index in [1.54, 1.807) is 44.3 Å². The number of aliphatic carboxylic acids is 1. The van der Waals surface area contributed by atoms with Crippen LogP contribution in [0.2, 0.25) is 0 Å². The van der Waals surface area contributed by atoms with Crippen LogP contribution in [0.15, 0.2) is 59.2 Å². The van der Waals surface area contributed by atoms with Crippen LogP contribution in [0.1, 0.15) is 75.2 Å². The molecule has 1 saturated heterocycles. The Kier molecular flexibility index (Phi) is 18.2. The number of nitrogens with zero attached hydrogens (tertiary/aromatic N) is 1. The molecule has 0 aliphatic carbocycles. The molecule has 8 atom stereocenters. The molecule has 332 valence electrons. The van der Waals surface area contributed by atoms with Crippen LogP contribution < -0.4 is 32.3 Å². The Bertz CT molecular complexity index is 2010. The molecule has 2 heterocycles. The van der Waals surface area contributed by atoms with Crippen LogP contribution in [0.25, 0.3) is 10.9 Å². The van der Waals surface area contributed by atoms with Crippen molar-refractivity contribution in [3.63, 3.8) is 0 Å². The first-order valence-electron chi connectivity index (χ1n) is 20.4. The molecule has 0 radical (unpaired) electrons. The maximum absolute atomic E-state index is 13.6. The van der Waals surface area contributed by atoms with Gasteiger partial charge in [0.1, 0.15) is 30.2 Å². The van der Waals surface area contributed by atoms with Gasteiger partial charge in [-0.15, -0.1) is 0 Å². The van der Waals surface area contributed by atoms with E-state index in [1.165, 1.54) is 11.8 Å². The Labute approximate surface area is 362 Å². The Morgan fingerprint density at radius 1 is 0.902 bits per heavy atom. The number of aliphatic hydroxyl groups excluding tert-OH is 2. The summed E-state index contributed by atoms with van der Waals surface area (Å²) in [6.07, 6.45) is 2.37. The number of amides is 6. The Morgan fingerprint density at radius 3 is 2.23 bits per heavy atom. The van der Waals surface area contributed by atoms with Crippen molar-refractivity contribution in [2.75, 3.05) is 19.7 Å². The molecule has 19 heteroatoms. The van der Waals surface area contributed by atoms with Crippen molar-refractivity contribution in [1.29, 1.82) is 0 Å². The number of hydrogen-bond acceptors (Lipinski definition) is 10. The van der Waals surface area contributed by atoms with Gasteiger partial charge in [0.15, 0.2) is 0 Å². The van der Waals surface area contributed by atoms with Gasteiger partial charge in [-0.1, -0.05) is 54.4 Å². The molecule has 3 aromatic rings. The van der Waals surface area contributed by atoms with Gasteiger partial charge in [0, 0.05) is 40.2 Å². The fourth-order valence-corrected chi connectivity index (χ4v) is 7.37. The summed E-state index contributed by atoms with van der Waals surface area (Å²) in [7, 11) is 0. The molecule has 0 unspecified atom stereocenters. The van der Waals surface area contributed by atoms with Crippen LogP contribution in [0.3, 0.4) is 0 Å². The molecule has 1 aromatic heterocycles. The van der Waals surface area contributed by atoms with Gasteiger partial charge in [0.25, 0.3) is 5.91 Å². The highest BCUT2D eigenvalue weighted by Gasteiger charge is 2.39. The highest BCUT2D eigenvalue weighted by molar-refractivity contribution is 9.10. The van der Waals surface area contributed by atoms with E-state index >= 15 is 0 Å². The molecule has 18 nitrogen and oxygen atoms in total. The Balaban J connectivity index is 1.38. The number of nitrogens with two attached hydrogens (primary N) is 1. The van der Waals surface area contributed by atoms with Gasteiger partial charge in [-0.25, -0.2) is 4.79 Å². The quantitative estimate of drug-likeness (QED) is 0.0631. The number of fused-ring (bicyclic) bond motifs is 1. The number of rotatable bonds is 22. The predicted octanol–water partition coefficient (Wildman–Crippen LogP) is 0.835. The zero-order chi connectivity index (χ0) is 44.8. The molecule has 1 aliphatic rings. The number of aromatic nitrogens is 1. The lowest BCUT2D eigenvalue weighted by atomic mass is 9.98. The summed E-state index contributed by atoms with van der Waals surface area (Å²) in [6.45, 7) is 4.19. The van der Waals surface area contributed by atoms with E-state index in [9.17, 15) is 48.9 Å². The number of para-hydroxylation sites is 1. The monoisotopic (exact) mass is 912 g/mol. The number of halogens is 1. The first kappa shape index (κ1) is 48.3. The summed E-state index contributed by atoms with van der Waals surface area (Å²) in [5.41, 5.74) is 8.53. The second kappa shape index (κ2) is 23.0. The zero-order valence-electron chi connectivity index (χ0n) is 34.5. The highest BCUT2D eigenvalue weighted by atomic mass is 79.9. The minimum Gasteiger partial charge on any atom is -0.480 e. The number of carboxylic acid groups (broad SMARTS) is 1. The number of aromatic amines is 1. The number of unbranched alkanes of at least 4 members (excludes halogenated alkanes) is 1. The molecule has 1 aliphatic heterocycles. The number of H-pyrrole nitrogens is 1. The minimum absolute atomic E-state index is 0.000922. The molecule has 2 aromatic carbocycles. The zero-order valence-corrected chi connectivity index (χ0v) is 36.1. The van der Waals surface area contributed by atoms with Crippen LogP contribution in [-0.2, 0) is 35.2 Å². The number of carbonyl (C=O) groups is 7. The summed E-state index contributed by atoms with van der Waals surface area (Å²) in [5, 5.41) is 44.0. The second-order valence-electron chi connectivity index (χ2n) is 15.4. The van der Waals surface area contributed by atoms with Crippen LogP contribution in [0.4, 0.5) is 0 Å². The molecule has 0 bridgehead atoms. The maximum atomic E-state index is 13.6. The second-order valence-corrected chi connectivity index (χ2v) is 16.3. The minimum atomic E-state index is -1.66. The van der Waals surface area contributed by atoms with Crippen LogP contribution in [0.5, 0.6) is 0 Å². The highest BCUT2D eigenvalue weighted by Crippen LogP contribution is 2.23. The van der Waals surface area contributed by atoms with Crippen molar-refractivity contribution in [3.8, 4) is 0 Å². The first-order chi connectivity index (χ1) is 29.1. The van der Waals surface area contributed by atoms with E-state index in [0.717, 1.165) is 20.9 Å². The fourth-order valence-electron chi connectivity index (χ4n) is 7.11. The van der Waals surface area contributed by atoms with Gasteiger partial charge in [0.2, 0.25) is 29.5 Å². The number of aliphatic hydroxyl groups is 2. The average molecular weight is 914 g/mol. The van der Waals surface area contributed by atoms with Crippen molar-refractivity contribution in [2.45, 2.75) is 108 Å². The summed E-state index contributed by atoms with van der Waals surface area (Å²) in [6, 6.07) is 6.50. The lowest BCUT2D eigenvalue weighted by molar-refractivity contribution is -0.144.